The van der Waals surface area contributed by atoms with Gasteiger partial charge in [0.2, 0.25) is 5.91 Å². The van der Waals surface area contributed by atoms with Gasteiger partial charge in [0.25, 0.3) is 5.91 Å². The predicted molar refractivity (Wildman–Crippen MR) is 143 cm³/mol. The summed E-state index contributed by atoms with van der Waals surface area (Å²) < 4.78 is 136. The second kappa shape index (κ2) is 13.5. The number of alkyl halides is 9. The smallest absolute Gasteiger partial charge is 0.345 e. The Morgan fingerprint density at radius 3 is 2.09 bits per heavy atom. The van der Waals surface area contributed by atoms with E-state index in [0.29, 0.717) is 12.1 Å². The molecular weight excluding hydrogens is 634 g/mol. The predicted octanol–water partition coefficient (Wildman–Crippen LogP) is 8.21. The Balaban J connectivity index is 2.50. The van der Waals surface area contributed by atoms with Crippen molar-refractivity contribution in [2.75, 3.05) is 6.54 Å². The van der Waals surface area contributed by atoms with Crippen molar-refractivity contribution < 1.29 is 53.5 Å². The molecule has 0 aliphatic carbocycles. The van der Waals surface area contributed by atoms with Crippen LogP contribution in [0.2, 0.25) is 5.02 Å². The topological polar surface area (TPSA) is 58.2 Å². The number of carbonyl (C=O) groups is 2. The maximum absolute atomic E-state index is 15.2. The van der Waals surface area contributed by atoms with E-state index in [0.717, 1.165) is 19.1 Å². The highest BCUT2D eigenvalue weighted by atomic mass is 35.5. The fourth-order valence-electron chi connectivity index (χ4n) is 3.55. The molecule has 0 heterocycles. The van der Waals surface area contributed by atoms with E-state index in [1.165, 1.54) is 11.4 Å². The van der Waals surface area contributed by atoms with Crippen molar-refractivity contribution in [3.8, 4) is 11.8 Å². The molecule has 2 atom stereocenters. The molecule has 2 unspecified atom stereocenters. The van der Waals surface area contributed by atoms with Crippen molar-refractivity contribution in [3.05, 3.63) is 75.3 Å². The molecule has 0 saturated heterocycles. The van der Waals surface area contributed by atoms with Crippen LogP contribution in [-0.4, -0.2) is 36.8 Å². The molecule has 15 heteroatoms. The minimum absolute atomic E-state index is 0.0505. The molecule has 0 aromatic heterocycles. The van der Waals surface area contributed by atoms with Crippen LogP contribution in [0.25, 0.3) is 5.83 Å². The molecule has 44 heavy (non-hydrogen) atoms. The molecule has 0 saturated carbocycles. The number of halogens is 11. The van der Waals surface area contributed by atoms with E-state index in [-0.39, 0.29) is 22.7 Å². The summed E-state index contributed by atoms with van der Waals surface area (Å²) >= 11 is 5.97. The Kier molecular flexibility index (Phi) is 11.2. The van der Waals surface area contributed by atoms with E-state index in [4.69, 9.17) is 11.6 Å². The highest BCUT2D eigenvalue weighted by molar-refractivity contribution is 6.30. The molecule has 2 rings (SSSR count). The Hall–Kier alpha value is -3.73. The van der Waals surface area contributed by atoms with E-state index >= 15 is 4.39 Å². The number of rotatable bonds is 7. The molecule has 2 aromatic carbocycles. The number of carbonyl (C=O) groups excluding carboxylic acids is 2. The fourth-order valence-corrected chi connectivity index (χ4v) is 3.80. The summed E-state index contributed by atoms with van der Waals surface area (Å²) in [6.45, 7) is 4.40. The quantitative estimate of drug-likeness (QED) is 0.233. The second-order valence-corrected chi connectivity index (χ2v) is 11.0. The van der Waals surface area contributed by atoms with Crippen LogP contribution in [0.3, 0.4) is 0 Å². The Bertz CT molecular complexity index is 1480. The zero-order valence-electron chi connectivity index (χ0n) is 23.4. The molecule has 2 N–H and O–H groups in total. The summed E-state index contributed by atoms with van der Waals surface area (Å²) in [6.07, 6.45) is -15.2. The van der Waals surface area contributed by atoms with Gasteiger partial charge in [-0.3, -0.25) is 9.59 Å². The van der Waals surface area contributed by atoms with Gasteiger partial charge < -0.3 is 10.6 Å². The van der Waals surface area contributed by atoms with Gasteiger partial charge >= 0.3 is 18.5 Å². The third-order valence-corrected chi connectivity index (χ3v) is 5.79. The average Bonchev–Trinajstić information content (AvgIpc) is 2.86. The first-order valence-corrected chi connectivity index (χ1v) is 12.9. The van der Waals surface area contributed by atoms with Gasteiger partial charge in [0.05, 0.1) is 11.1 Å². The van der Waals surface area contributed by atoms with E-state index in [2.05, 4.69) is 11.8 Å². The van der Waals surface area contributed by atoms with Gasteiger partial charge in [-0.1, -0.05) is 29.5 Å². The lowest BCUT2D eigenvalue weighted by atomic mass is 9.93. The third kappa shape index (κ3) is 11.1. The van der Waals surface area contributed by atoms with Gasteiger partial charge in [-0.25, -0.2) is 4.39 Å². The number of allylic oxidation sites excluding steroid dienone is 1. The molecule has 2 amide bonds. The minimum atomic E-state index is -5.33. The van der Waals surface area contributed by atoms with E-state index in [1.54, 1.807) is 26.1 Å². The molecule has 0 aliphatic heterocycles. The third-order valence-electron chi connectivity index (χ3n) is 5.58. The van der Waals surface area contributed by atoms with Crippen LogP contribution in [0.1, 0.15) is 66.2 Å². The normalized spacial score (nSPS) is 14.3. The lowest BCUT2D eigenvalue weighted by Crippen LogP contribution is -2.47. The molecule has 0 spiro atoms. The van der Waals surface area contributed by atoms with Crippen molar-refractivity contribution in [1.82, 2.24) is 10.6 Å². The van der Waals surface area contributed by atoms with Crippen LogP contribution in [0.5, 0.6) is 0 Å². The summed E-state index contributed by atoms with van der Waals surface area (Å²) in [6, 6.07) is 2.67. The molecule has 240 valence electrons. The van der Waals surface area contributed by atoms with Crippen LogP contribution in [0.15, 0.2) is 42.5 Å². The zero-order chi connectivity index (χ0) is 33.8. The Labute approximate surface area is 250 Å². The fraction of sp³-hybridized carbons (Fsp3) is 0.379. The lowest BCUT2D eigenvalue weighted by molar-refractivity contribution is -0.140. The monoisotopic (exact) mass is 658 g/mol. The van der Waals surface area contributed by atoms with Crippen molar-refractivity contribution in [2.24, 2.45) is 5.41 Å². The maximum atomic E-state index is 15.2. The van der Waals surface area contributed by atoms with E-state index < -0.39 is 82.3 Å². The van der Waals surface area contributed by atoms with Crippen LogP contribution in [-0.2, 0) is 11.0 Å². The molecule has 0 aliphatic rings. The van der Waals surface area contributed by atoms with Crippen molar-refractivity contribution >= 4 is 29.2 Å². The van der Waals surface area contributed by atoms with Crippen LogP contribution < -0.4 is 10.6 Å². The summed E-state index contributed by atoms with van der Waals surface area (Å²) in [5.41, 5.74) is -4.87. The number of benzene rings is 2. The van der Waals surface area contributed by atoms with E-state index in [1.807, 2.05) is 0 Å². The molecular formula is C29H25ClF10N2O2. The molecule has 0 radical (unpaired) electrons. The summed E-state index contributed by atoms with van der Waals surface area (Å²) in [5, 5.41) is 3.09. The van der Waals surface area contributed by atoms with Gasteiger partial charge in [-0.2, -0.15) is 39.5 Å². The largest absolute Gasteiger partial charge is 0.417 e. The van der Waals surface area contributed by atoms with E-state index in [9.17, 15) is 49.1 Å². The zero-order valence-corrected chi connectivity index (χ0v) is 24.1. The van der Waals surface area contributed by atoms with Crippen molar-refractivity contribution in [1.29, 1.82) is 0 Å². The SMILES string of the molecule is CC(NC(=O)c1ccc(/C(F)=C/C(c2cc(Cl)cc(C#CC(C)(C)C)c2)C(F)(F)F)cc1C(F)(F)F)C(=O)NCC(F)(F)F. The summed E-state index contributed by atoms with van der Waals surface area (Å²) in [7, 11) is 0. The van der Waals surface area contributed by atoms with Crippen LogP contribution in [0.4, 0.5) is 43.9 Å². The van der Waals surface area contributed by atoms with Gasteiger partial charge in [0.1, 0.15) is 24.3 Å². The highest BCUT2D eigenvalue weighted by Crippen LogP contribution is 2.40. The number of hydrogen-bond acceptors (Lipinski definition) is 2. The first kappa shape index (κ1) is 36.5. The lowest BCUT2D eigenvalue weighted by Gasteiger charge is -2.19. The molecule has 4 nitrogen and oxygen atoms in total. The molecule has 0 bridgehead atoms. The number of hydrogen-bond donors (Lipinski definition) is 2. The van der Waals surface area contributed by atoms with Crippen LogP contribution in [0, 0.1) is 17.3 Å². The number of amides is 2. The summed E-state index contributed by atoms with van der Waals surface area (Å²) in [5.74, 6) is -1.80. The average molecular weight is 659 g/mol. The first-order valence-electron chi connectivity index (χ1n) is 12.5. The molecule has 0 fully saturated rings. The maximum Gasteiger partial charge on any atom is 0.417 e. The van der Waals surface area contributed by atoms with Gasteiger partial charge in [-0.15, -0.1) is 0 Å². The molecule has 2 aromatic rings. The Morgan fingerprint density at radius 2 is 1.57 bits per heavy atom. The van der Waals surface area contributed by atoms with Crippen LogP contribution >= 0.6 is 11.6 Å². The van der Waals surface area contributed by atoms with Gasteiger partial charge in [-0.05, 0) is 69.7 Å². The van der Waals surface area contributed by atoms with Crippen molar-refractivity contribution in [2.45, 2.75) is 58.2 Å². The Morgan fingerprint density at radius 1 is 0.955 bits per heavy atom. The minimum Gasteiger partial charge on any atom is -0.345 e. The van der Waals surface area contributed by atoms with Crippen molar-refractivity contribution in [3.63, 3.8) is 0 Å². The number of nitrogens with one attached hydrogen (secondary N) is 2. The highest BCUT2D eigenvalue weighted by Gasteiger charge is 2.41. The standard InChI is InChI=1S/C29H25ClF10N2O2/c1-15(24(43)41-14-27(32,33)34)42-25(44)20-6-5-17(12-22(20)29(38,39)40)23(31)13-21(28(35,36)37)18-9-16(10-19(30)11-18)7-8-26(2,3)4/h5-6,9-13,15,21H,14H2,1-4H3,(H,41,43)(H,42,44)/b23-13-. The second-order valence-electron chi connectivity index (χ2n) is 10.6. The van der Waals surface area contributed by atoms with Gasteiger partial charge in [0.15, 0.2) is 0 Å². The first-order chi connectivity index (χ1) is 19.9. The van der Waals surface area contributed by atoms with Gasteiger partial charge in [0, 0.05) is 21.6 Å². The summed E-state index contributed by atoms with van der Waals surface area (Å²) in [4.78, 5) is 24.3.